The molecule has 0 bridgehead atoms. The molecule has 0 spiro atoms. The highest BCUT2D eigenvalue weighted by molar-refractivity contribution is 8.18. The van der Waals surface area contributed by atoms with E-state index in [4.69, 9.17) is 20.8 Å². The molecule has 0 N–H and O–H groups in total. The van der Waals surface area contributed by atoms with Gasteiger partial charge in [-0.05, 0) is 55.9 Å². The zero-order chi connectivity index (χ0) is 20.3. The van der Waals surface area contributed by atoms with Gasteiger partial charge in [0, 0.05) is 24.7 Å². The summed E-state index contributed by atoms with van der Waals surface area (Å²) in [6.07, 6.45) is 1.69. The molecular weight excluding hydrogens is 400 g/mol. The van der Waals surface area contributed by atoms with Gasteiger partial charge in [0.05, 0.1) is 22.6 Å². The summed E-state index contributed by atoms with van der Waals surface area (Å²) in [4.78, 5) is 30.9. The van der Waals surface area contributed by atoms with Gasteiger partial charge < -0.3 is 9.15 Å². The van der Waals surface area contributed by atoms with Crippen LogP contribution in [0.4, 0.5) is 0 Å². The first-order valence-electron chi connectivity index (χ1n) is 8.72. The molecule has 0 aliphatic carbocycles. The fourth-order valence-electron chi connectivity index (χ4n) is 2.70. The van der Waals surface area contributed by atoms with Crippen molar-refractivity contribution in [2.75, 3.05) is 20.2 Å². The normalized spacial score (nSPS) is 17.0. The number of aliphatic imine (C=N–C) groups is 1. The number of hydrogen-bond acceptors (Lipinski definition) is 6. The first-order valence-corrected chi connectivity index (χ1v) is 9.91. The van der Waals surface area contributed by atoms with Gasteiger partial charge in [0.2, 0.25) is 0 Å². The first-order chi connectivity index (χ1) is 13.5. The zero-order valence-electron chi connectivity index (χ0n) is 15.7. The van der Waals surface area contributed by atoms with E-state index in [9.17, 15) is 9.59 Å². The predicted octanol–water partition coefficient (Wildman–Crippen LogP) is 4.70. The maximum atomic E-state index is 12.6. The molecule has 0 unspecified atom stereocenters. The first kappa shape index (κ1) is 20.2. The molecule has 0 atom stereocenters. The summed E-state index contributed by atoms with van der Waals surface area (Å²) in [6.45, 7) is 5.01. The van der Waals surface area contributed by atoms with Crippen molar-refractivity contribution < 1.29 is 18.7 Å². The summed E-state index contributed by atoms with van der Waals surface area (Å²) < 4.78 is 10.6. The molecule has 1 aliphatic heterocycles. The van der Waals surface area contributed by atoms with E-state index >= 15 is 0 Å². The van der Waals surface area contributed by atoms with Crippen LogP contribution in [-0.4, -0.2) is 42.1 Å². The lowest BCUT2D eigenvalue weighted by Crippen LogP contribution is -2.28. The lowest BCUT2D eigenvalue weighted by molar-refractivity contribution is -0.122. The lowest BCUT2D eigenvalue weighted by atomic mass is 10.1. The second kappa shape index (κ2) is 8.67. The molecule has 0 saturated carbocycles. The predicted molar refractivity (Wildman–Crippen MR) is 111 cm³/mol. The van der Waals surface area contributed by atoms with Crippen molar-refractivity contribution in [2.24, 2.45) is 4.99 Å². The minimum atomic E-state index is -0.456. The second-order valence-corrected chi connectivity index (χ2v) is 7.22. The maximum Gasteiger partial charge on any atom is 0.337 e. The number of nitrogens with zero attached hydrogens (tertiary/aromatic N) is 2. The van der Waals surface area contributed by atoms with Crippen molar-refractivity contribution >= 4 is 46.5 Å². The van der Waals surface area contributed by atoms with Crippen LogP contribution in [0.1, 0.15) is 30.0 Å². The van der Waals surface area contributed by atoms with Gasteiger partial charge in [0.15, 0.2) is 5.17 Å². The molecule has 1 fully saturated rings. The van der Waals surface area contributed by atoms with Crippen molar-refractivity contribution in [3.05, 3.63) is 51.6 Å². The zero-order valence-corrected chi connectivity index (χ0v) is 17.3. The SMILES string of the molecule is CCN=C1S/C(=C\c2ccc(-c3cc(C(=O)OC)ccc3Cl)o2)C(=O)N1CC. The highest BCUT2D eigenvalue weighted by Gasteiger charge is 2.32. The molecular formula is C20H19ClN2O4S. The van der Waals surface area contributed by atoms with Gasteiger partial charge in [-0.25, -0.2) is 4.79 Å². The molecule has 1 aromatic carbocycles. The molecule has 146 valence electrons. The van der Waals surface area contributed by atoms with E-state index in [0.717, 1.165) is 0 Å². The van der Waals surface area contributed by atoms with Crippen LogP contribution in [0.25, 0.3) is 17.4 Å². The van der Waals surface area contributed by atoms with Crippen LogP contribution in [0, 0.1) is 0 Å². The van der Waals surface area contributed by atoms with E-state index in [1.165, 1.54) is 18.9 Å². The highest BCUT2D eigenvalue weighted by atomic mass is 35.5. The summed E-state index contributed by atoms with van der Waals surface area (Å²) in [5.74, 6) is 0.456. The minimum Gasteiger partial charge on any atom is -0.465 e. The number of benzene rings is 1. The molecule has 6 nitrogen and oxygen atoms in total. The van der Waals surface area contributed by atoms with Gasteiger partial charge in [-0.15, -0.1) is 0 Å². The monoisotopic (exact) mass is 418 g/mol. The van der Waals surface area contributed by atoms with Gasteiger partial charge in [-0.2, -0.15) is 0 Å². The molecule has 1 aliphatic rings. The molecule has 2 aromatic rings. The molecule has 0 radical (unpaired) electrons. The third kappa shape index (κ3) is 4.00. The third-order valence-electron chi connectivity index (χ3n) is 4.05. The van der Waals surface area contributed by atoms with Crippen LogP contribution >= 0.6 is 23.4 Å². The Bertz CT molecular complexity index is 980. The number of rotatable bonds is 5. The largest absolute Gasteiger partial charge is 0.465 e. The average Bonchev–Trinajstić information content (AvgIpc) is 3.27. The van der Waals surface area contributed by atoms with E-state index in [1.807, 2.05) is 13.8 Å². The van der Waals surface area contributed by atoms with Crippen molar-refractivity contribution in [3.63, 3.8) is 0 Å². The third-order valence-corrected chi connectivity index (χ3v) is 5.42. The number of carbonyl (C=O) groups is 2. The Balaban J connectivity index is 1.91. The summed E-state index contributed by atoms with van der Waals surface area (Å²) in [5, 5.41) is 1.14. The van der Waals surface area contributed by atoms with E-state index in [-0.39, 0.29) is 5.91 Å². The standard InChI is InChI=1S/C20H19ClN2O4S/c1-4-22-20-23(5-2)18(24)17(28-20)11-13-7-9-16(27-13)14-10-12(19(25)26-3)6-8-15(14)21/h6-11H,4-5H2,1-3H3/b17-11-,22-20?. The van der Waals surface area contributed by atoms with Crippen LogP contribution in [0.15, 0.2) is 44.6 Å². The summed E-state index contributed by atoms with van der Waals surface area (Å²) in [6, 6.07) is 8.32. The topological polar surface area (TPSA) is 72.1 Å². The number of likely N-dealkylation sites (N-methyl/N-ethyl adjacent to an activating group) is 1. The van der Waals surface area contributed by atoms with Crippen molar-refractivity contribution in [3.8, 4) is 11.3 Å². The van der Waals surface area contributed by atoms with Crippen LogP contribution in [0.2, 0.25) is 5.02 Å². The van der Waals surface area contributed by atoms with Crippen LogP contribution in [0.3, 0.4) is 0 Å². The number of amidine groups is 1. The maximum absolute atomic E-state index is 12.6. The summed E-state index contributed by atoms with van der Waals surface area (Å²) in [7, 11) is 1.32. The number of halogens is 1. The highest BCUT2D eigenvalue weighted by Crippen LogP contribution is 2.35. The number of amides is 1. The minimum absolute atomic E-state index is 0.0941. The summed E-state index contributed by atoms with van der Waals surface area (Å²) >= 11 is 7.59. The number of furan rings is 1. The summed E-state index contributed by atoms with van der Waals surface area (Å²) in [5.41, 5.74) is 0.946. The van der Waals surface area contributed by atoms with E-state index < -0.39 is 5.97 Å². The Morgan fingerprint density at radius 1 is 1.32 bits per heavy atom. The number of esters is 1. The Labute approximate surface area is 172 Å². The number of carbonyl (C=O) groups excluding carboxylic acids is 2. The molecule has 1 saturated heterocycles. The van der Waals surface area contributed by atoms with Gasteiger partial charge in [-0.1, -0.05) is 11.6 Å². The fraction of sp³-hybridized carbons (Fsp3) is 0.250. The molecule has 28 heavy (non-hydrogen) atoms. The Morgan fingerprint density at radius 3 is 2.79 bits per heavy atom. The smallest absolute Gasteiger partial charge is 0.337 e. The Kier molecular flexibility index (Phi) is 6.26. The Morgan fingerprint density at radius 2 is 2.11 bits per heavy atom. The molecule has 3 rings (SSSR count). The molecule has 2 heterocycles. The van der Waals surface area contributed by atoms with Gasteiger partial charge in [0.25, 0.3) is 5.91 Å². The molecule has 8 heteroatoms. The number of thioether (sulfide) groups is 1. The second-order valence-electron chi connectivity index (χ2n) is 5.81. The van der Waals surface area contributed by atoms with Gasteiger partial charge >= 0.3 is 5.97 Å². The van der Waals surface area contributed by atoms with Gasteiger partial charge in [-0.3, -0.25) is 14.7 Å². The number of hydrogen-bond donors (Lipinski definition) is 0. The van der Waals surface area contributed by atoms with Crippen molar-refractivity contribution in [2.45, 2.75) is 13.8 Å². The van der Waals surface area contributed by atoms with Gasteiger partial charge in [0.1, 0.15) is 11.5 Å². The quantitative estimate of drug-likeness (QED) is 0.520. The average molecular weight is 419 g/mol. The van der Waals surface area contributed by atoms with E-state index in [0.29, 0.717) is 50.8 Å². The van der Waals surface area contributed by atoms with Crippen molar-refractivity contribution in [1.29, 1.82) is 0 Å². The Hall–Kier alpha value is -2.51. The molecule has 1 aromatic heterocycles. The van der Waals surface area contributed by atoms with Crippen LogP contribution < -0.4 is 0 Å². The number of ether oxygens (including phenoxy) is 1. The van der Waals surface area contributed by atoms with Crippen LogP contribution in [0.5, 0.6) is 0 Å². The number of methoxy groups -OCH3 is 1. The fourth-order valence-corrected chi connectivity index (χ4v) is 4.00. The lowest BCUT2D eigenvalue weighted by Gasteiger charge is -2.11. The van der Waals surface area contributed by atoms with E-state index in [2.05, 4.69) is 4.99 Å². The van der Waals surface area contributed by atoms with Crippen molar-refractivity contribution in [1.82, 2.24) is 4.90 Å². The van der Waals surface area contributed by atoms with Crippen LogP contribution in [-0.2, 0) is 9.53 Å². The molecule has 1 amide bonds. The van der Waals surface area contributed by atoms with E-state index in [1.54, 1.807) is 41.3 Å².